The zero-order chi connectivity index (χ0) is 16.1. The van der Waals surface area contributed by atoms with Crippen molar-refractivity contribution in [3.8, 4) is 5.75 Å². The number of aromatic nitrogens is 2. The molecule has 7 heteroatoms. The molecule has 3 rings (SSSR count). The van der Waals surface area contributed by atoms with Crippen LogP contribution < -0.4 is 10.1 Å². The zero-order valence-corrected chi connectivity index (χ0v) is 13.5. The SMILES string of the molecule is O=C(Nc1ccc(Cl)cn1)c1cccc(OCc2cscn2)c1. The molecule has 0 aliphatic heterocycles. The molecule has 0 aliphatic rings. The number of amides is 1. The zero-order valence-electron chi connectivity index (χ0n) is 11.9. The fraction of sp³-hybridized carbons (Fsp3) is 0.0625. The van der Waals surface area contributed by atoms with Gasteiger partial charge in [0, 0.05) is 17.1 Å². The van der Waals surface area contributed by atoms with Crippen molar-refractivity contribution in [2.45, 2.75) is 6.61 Å². The minimum absolute atomic E-state index is 0.265. The first-order valence-electron chi connectivity index (χ1n) is 6.73. The molecule has 23 heavy (non-hydrogen) atoms. The molecule has 5 nitrogen and oxygen atoms in total. The Morgan fingerprint density at radius 1 is 1.26 bits per heavy atom. The van der Waals surface area contributed by atoms with E-state index >= 15 is 0 Å². The predicted octanol–water partition coefficient (Wildman–Crippen LogP) is 4.02. The van der Waals surface area contributed by atoms with Crippen LogP contribution in [0.15, 0.2) is 53.5 Å². The lowest BCUT2D eigenvalue weighted by atomic mass is 10.2. The lowest BCUT2D eigenvalue weighted by Crippen LogP contribution is -2.12. The van der Waals surface area contributed by atoms with Gasteiger partial charge in [-0.25, -0.2) is 9.97 Å². The monoisotopic (exact) mass is 345 g/mol. The number of carbonyl (C=O) groups is 1. The van der Waals surface area contributed by atoms with Gasteiger partial charge in [-0.05, 0) is 30.3 Å². The van der Waals surface area contributed by atoms with Crippen LogP contribution in [0.5, 0.6) is 5.75 Å². The topological polar surface area (TPSA) is 64.1 Å². The van der Waals surface area contributed by atoms with Gasteiger partial charge in [-0.2, -0.15) is 0 Å². The maximum atomic E-state index is 12.2. The number of thiazole rings is 1. The number of anilines is 1. The van der Waals surface area contributed by atoms with Gasteiger partial charge in [-0.3, -0.25) is 4.79 Å². The highest BCUT2D eigenvalue weighted by Gasteiger charge is 2.08. The number of halogens is 1. The van der Waals surface area contributed by atoms with E-state index in [9.17, 15) is 4.79 Å². The van der Waals surface area contributed by atoms with Crippen molar-refractivity contribution in [2.24, 2.45) is 0 Å². The van der Waals surface area contributed by atoms with Crippen LogP contribution in [0.4, 0.5) is 5.82 Å². The minimum atomic E-state index is -0.265. The maximum absolute atomic E-state index is 12.2. The predicted molar refractivity (Wildman–Crippen MR) is 90.1 cm³/mol. The summed E-state index contributed by atoms with van der Waals surface area (Å²) in [4.78, 5) is 20.4. The molecule has 1 N–H and O–H groups in total. The summed E-state index contributed by atoms with van der Waals surface area (Å²) in [6.07, 6.45) is 1.48. The molecule has 3 aromatic rings. The van der Waals surface area contributed by atoms with Crippen molar-refractivity contribution in [1.29, 1.82) is 0 Å². The molecule has 0 spiro atoms. The van der Waals surface area contributed by atoms with Crippen molar-refractivity contribution >= 4 is 34.7 Å². The number of rotatable bonds is 5. The van der Waals surface area contributed by atoms with Crippen molar-refractivity contribution in [1.82, 2.24) is 9.97 Å². The van der Waals surface area contributed by atoms with Crippen molar-refractivity contribution < 1.29 is 9.53 Å². The first kappa shape index (κ1) is 15.5. The maximum Gasteiger partial charge on any atom is 0.256 e. The van der Waals surface area contributed by atoms with E-state index < -0.39 is 0 Å². The van der Waals surface area contributed by atoms with E-state index in [0.717, 1.165) is 5.69 Å². The van der Waals surface area contributed by atoms with E-state index in [-0.39, 0.29) is 5.91 Å². The number of hydrogen-bond acceptors (Lipinski definition) is 5. The lowest BCUT2D eigenvalue weighted by molar-refractivity contribution is 0.102. The minimum Gasteiger partial charge on any atom is -0.487 e. The van der Waals surface area contributed by atoms with E-state index in [1.165, 1.54) is 17.5 Å². The van der Waals surface area contributed by atoms with Crippen LogP contribution in [0.3, 0.4) is 0 Å². The van der Waals surface area contributed by atoms with Gasteiger partial charge < -0.3 is 10.1 Å². The van der Waals surface area contributed by atoms with Crippen LogP contribution in [0, 0.1) is 0 Å². The third-order valence-corrected chi connectivity index (χ3v) is 3.79. The number of pyridine rings is 1. The molecule has 0 saturated heterocycles. The summed E-state index contributed by atoms with van der Waals surface area (Å²) in [6, 6.07) is 10.3. The number of ether oxygens (including phenoxy) is 1. The van der Waals surface area contributed by atoms with Crippen LogP contribution >= 0.6 is 22.9 Å². The lowest BCUT2D eigenvalue weighted by Gasteiger charge is -2.07. The van der Waals surface area contributed by atoms with E-state index in [2.05, 4.69) is 15.3 Å². The number of hydrogen-bond donors (Lipinski definition) is 1. The van der Waals surface area contributed by atoms with Crippen LogP contribution in [-0.4, -0.2) is 15.9 Å². The van der Waals surface area contributed by atoms with Gasteiger partial charge >= 0.3 is 0 Å². The molecule has 1 amide bonds. The van der Waals surface area contributed by atoms with Crippen molar-refractivity contribution in [2.75, 3.05) is 5.32 Å². The highest BCUT2D eigenvalue weighted by Crippen LogP contribution is 2.17. The van der Waals surface area contributed by atoms with Gasteiger partial charge in [0.15, 0.2) is 0 Å². The number of benzene rings is 1. The quantitative estimate of drug-likeness (QED) is 0.758. The van der Waals surface area contributed by atoms with E-state index in [0.29, 0.717) is 28.8 Å². The second kappa shape index (κ2) is 7.21. The molecule has 0 fully saturated rings. The summed E-state index contributed by atoms with van der Waals surface area (Å²) in [5.74, 6) is 0.779. The third kappa shape index (κ3) is 4.28. The molecule has 0 radical (unpaired) electrons. The summed E-state index contributed by atoms with van der Waals surface area (Å²) < 4.78 is 5.64. The number of nitrogens with one attached hydrogen (secondary N) is 1. The summed E-state index contributed by atoms with van der Waals surface area (Å²) in [5, 5.41) is 5.14. The summed E-state index contributed by atoms with van der Waals surface area (Å²) in [6.45, 7) is 0.368. The summed E-state index contributed by atoms with van der Waals surface area (Å²) in [5.41, 5.74) is 3.09. The Labute approximate surface area is 141 Å². The molecule has 0 atom stereocenters. The normalized spacial score (nSPS) is 10.3. The second-order valence-electron chi connectivity index (χ2n) is 4.61. The fourth-order valence-electron chi connectivity index (χ4n) is 1.83. The average Bonchev–Trinajstić information content (AvgIpc) is 3.09. The van der Waals surface area contributed by atoms with E-state index in [4.69, 9.17) is 16.3 Å². The van der Waals surface area contributed by atoms with Crippen LogP contribution in [0.2, 0.25) is 5.02 Å². The van der Waals surface area contributed by atoms with Crippen molar-refractivity contribution in [3.63, 3.8) is 0 Å². The average molecular weight is 346 g/mol. The smallest absolute Gasteiger partial charge is 0.256 e. The molecule has 2 heterocycles. The van der Waals surface area contributed by atoms with Gasteiger partial charge in [0.25, 0.3) is 5.91 Å². The van der Waals surface area contributed by atoms with Gasteiger partial charge in [0.05, 0.1) is 16.2 Å². The molecular formula is C16H12ClN3O2S. The highest BCUT2D eigenvalue weighted by atomic mass is 35.5. The third-order valence-electron chi connectivity index (χ3n) is 2.94. The Balaban J connectivity index is 1.66. The fourth-order valence-corrected chi connectivity index (χ4v) is 2.49. The van der Waals surface area contributed by atoms with Gasteiger partial charge in [0.2, 0.25) is 0 Å². The summed E-state index contributed by atoms with van der Waals surface area (Å²) >= 11 is 7.28. The highest BCUT2D eigenvalue weighted by molar-refractivity contribution is 7.07. The first-order chi connectivity index (χ1) is 11.2. The van der Waals surface area contributed by atoms with E-state index in [1.807, 2.05) is 5.38 Å². The second-order valence-corrected chi connectivity index (χ2v) is 5.77. The Morgan fingerprint density at radius 2 is 2.17 bits per heavy atom. The first-order valence-corrected chi connectivity index (χ1v) is 8.05. The van der Waals surface area contributed by atoms with Gasteiger partial charge in [-0.1, -0.05) is 17.7 Å². The molecule has 0 unspecified atom stereocenters. The molecule has 116 valence electrons. The molecule has 0 aliphatic carbocycles. The largest absolute Gasteiger partial charge is 0.487 e. The Kier molecular flexibility index (Phi) is 4.85. The Morgan fingerprint density at radius 3 is 2.91 bits per heavy atom. The Hall–Kier alpha value is -2.44. The number of carbonyl (C=O) groups excluding carboxylic acids is 1. The summed E-state index contributed by atoms with van der Waals surface area (Å²) in [7, 11) is 0. The van der Waals surface area contributed by atoms with Gasteiger partial charge in [0.1, 0.15) is 18.2 Å². The van der Waals surface area contributed by atoms with Crippen LogP contribution in [0.25, 0.3) is 0 Å². The van der Waals surface area contributed by atoms with Crippen LogP contribution in [0.1, 0.15) is 16.1 Å². The molecular weight excluding hydrogens is 334 g/mol. The van der Waals surface area contributed by atoms with Crippen LogP contribution in [-0.2, 0) is 6.61 Å². The Bertz CT molecular complexity index is 791. The molecule has 0 saturated carbocycles. The number of nitrogens with zero attached hydrogens (tertiary/aromatic N) is 2. The van der Waals surface area contributed by atoms with Crippen molar-refractivity contribution in [3.05, 3.63) is 69.8 Å². The standard InChI is InChI=1S/C16H12ClN3O2S/c17-12-4-5-15(18-7-12)20-16(21)11-2-1-3-14(6-11)22-8-13-9-23-10-19-13/h1-7,9-10H,8H2,(H,18,20,21). The molecule has 2 aromatic heterocycles. The molecule has 1 aromatic carbocycles. The molecule has 0 bridgehead atoms. The van der Waals surface area contributed by atoms with Gasteiger partial charge in [-0.15, -0.1) is 11.3 Å². The van der Waals surface area contributed by atoms with E-state index in [1.54, 1.807) is 41.9 Å².